The van der Waals surface area contributed by atoms with Gasteiger partial charge in [-0.3, -0.25) is 14.9 Å². The highest BCUT2D eigenvalue weighted by molar-refractivity contribution is 6.36. The van der Waals surface area contributed by atoms with E-state index in [0.29, 0.717) is 5.56 Å². The third-order valence-electron chi connectivity index (χ3n) is 3.05. The van der Waals surface area contributed by atoms with Crippen LogP contribution in [0.5, 0.6) is 0 Å². The van der Waals surface area contributed by atoms with E-state index in [1.54, 1.807) is 6.92 Å². The normalized spacial score (nSPS) is 15.6. The van der Waals surface area contributed by atoms with E-state index < -0.39 is 17.6 Å². The summed E-state index contributed by atoms with van der Waals surface area (Å²) < 4.78 is 0. The number of para-hydroxylation sites is 1. The fourth-order valence-electron chi connectivity index (χ4n) is 2.28. The van der Waals surface area contributed by atoms with Gasteiger partial charge in [0.15, 0.2) is 5.76 Å². The van der Waals surface area contributed by atoms with Crippen LogP contribution in [0.4, 0.5) is 0 Å². The van der Waals surface area contributed by atoms with E-state index in [-0.39, 0.29) is 5.57 Å². The molecule has 2 aromatic rings. The van der Waals surface area contributed by atoms with Gasteiger partial charge in [0.2, 0.25) is 0 Å². The standard InChI is InChI=1S/C13H10N2O3/c1-6-9(7-4-2-3-5-8(7)14-6)10-11(16)13(18)15-12(10)17/h2-5,14H,1H3,(H2,15,16,17,18). The number of hydrogen-bond acceptors (Lipinski definition) is 3. The Labute approximate surface area is 102 Å². The number of nitrogens with one attached hydrogen (secondary N) is 2. The van der Waals surface area contributed by atoms with Crippen LogP contribution in [-0.2, 0) is 9.59 Å². The number of aromatic amines is 1. The molecule has 0 unspecified atom stereocenters. The minimum atomic E-state index is -0.750. The number of aliphatic hydroxyl groups excluding tert-OH is 1. The zero-order valence-electron chi connectivity index (χ0n) is 9.57. The van der Waals surface area contributed by atoms with Gasteiger partial charge in [0.1, 0.15) is 0 Å². The molecule has 5 nitrogen and oxygen atoms in total. The Bertz CT molecular complexity index is 725. The first kappa shape index (κ1) is 10.6. The molecule has 5 heteroatoms. The van der Waals surface area contributed by atoms with Crippen molar-refractivity contribution in [2.24, 2.45) is 0 Å². The van der Waals surface area contributed by atoms with Crippen molar-refractivity contribution < 1.29 is 14.7 Å². The predicted octanol–water partition coefficient (Wildman–Crippen LogP) is 1.40. The average Bonchev–Trinajstić information content (AvgIpc) is 2.77. The third-order valence-corrected chi connectivity index (χ3v) is 3.05. The Morgan fingerprint density at radius 1 is 1.11 bits per heavy atom. The SMILES string of the molecule is Cc1[nH]c2ccccc2c1C1=C(O)C(=O)NC1=O. The Hall–Kier alpha value is -2.56. The van der Waals surface area contributed by atoms with Crippen LogP contribution in [0.1, 0.15) is 11.3 Å². The zero-order chi connectivity index (χ0) is 12.9. The smallest absolute Gasteiger partial charge is 0.293 e. The molecule has 0 saturated heterocycles. The molecule has 18 heavy (non-hydrogen) atoms. The number of H-pyrrole nitrogens is 1. The second-order valence-corrected chi connectivity index (χ2v) is 4.18. The molecule has 3 N–H and O–H groups in total. The Balaban J connectivity index is 2.36. The first-order valence-corrected chi connectivity index (χ1v) is 5.46. The monoisotopic (exact) mass is 242 g/mol. The van der Waals surface area contributed by atoms with Gasteiger partial charge in [0.25, 0.3) is 11.8 Å². The van der Waals surface area contributed by atoms with Crippen LogP contribution >= 0.6 is 0 Å². The van der Waals surface area contributed by atoms with Crippen molar-refractivity contribution in [2.45, 2.75) is 6.92 Å². The first-order valence-electron chi connectivity index (χ1n) is 5.46. The molecule has 0 aliphatic carbocycles. The lowest BCUT2D eigenvalue weighted by molar-refractivity contribution is -0.124. The topological polar surface area (TPSA) is 82.2 Å². The molecule has 3 rings (SSSR count). The molecule has 1 aliphatic heterocycles. The van der Waals surface area contributed by atoms with Crippen LogP contribution in [0.2, 0.25) is 0 Å². The molecule has 1 aromatic heterocycles. The number of carbonyl (C=O) groups excluding carboxylic acids is 2. The summed E-state index contributed by atoms with van der Waals surface area (Å²) >= 11 is 0. The van der Waals surface area contributed by atoms with Crippen molar-refractivity contribution in [2.75, 3.05) is 0 Å². The van der Waals surface area contributed by atoms with Crippen molar-refractivity contribution in [1.82, 2.24) is 10.3 Å². The molecule has 1 aromatic carbocycles. The number of hydrogen-bond donors (Lipinski definition) is 3. The summed E-state index contributed by atoms with van der Waals surface area (Å²) in [6.07, 6.45) is 0. The number of carbonyl (C=O) groups is 2. The highest BCUT2D eigenvalue weighted by atomic mass is 16.3. The average molecular weight is 242 g/mol. The van der Waals surface area contributed by atoms with E-state index in [1.807, 2.05) is 24.3 Å². The number of benzene rings is 1. The minimum Gasteiger partial charge on any atom is -0.502 e. The van der Waals surface area contributed by atoms with Crippen LogP contribution in [0, 0.1) is 6.92 Å². The molecule has 1 aliphatic rings. The van der Waals surface area contributed by atoms with Gasteiger partial charge in [-0.15, -0.1) is 0 Å². The van der Waals surface area contributed by atoms with Gasteiger partial charge in [0, 0.05) is 22.2 Å². The molecular weight excluding hydrogens is 232 g/mol. The van der Waals surface area contributed by atoms with Crippen molar-refractivity contribution in [3.8, 4) is 0 Å². The van der Waals surface area contributed by atoms with Gasteiger partial charge >= 0.3 is 0 Å². The van der Waals surface area contributed by atoms with E-state index in [1.165, 1.54) is 0 Å². The maximum Gasteiger partial charge on any atom is 0.293 e. The first-order chi connectivity index (χ1) is 8.59. The Morgan fingerprint density at radius 3 is 2.50 bits per heavy atom. The number of amides is 2. The molecule has 0 fully saturated rings. The van der Waals surface area contributed by atoms with Crippen LogP contribution < -0.4 is 5.32 Å². The number of aryl methyl sites for hydroxylation is 1. The molecule has 0 radical (unpaired) electrons. The fourth-order valence-corrected chi connectivity index (χ4v) is 2.28. The van der Waals surface area contributed by atoms with Gasteiger partial charge in [0.05, 0.1) is 5.57 Å². The quantitative estimate of drug-likeness (QED) is 0.661. The maximum atomic E-state index is 11.7. The lowest BCUT2D eigenvalue weighted by atomic mass is 10.0. The molecule has 0 saturated carbocycles. The van der Waals surface area contributed by atoms with Crippen LogP contribution in [-0.4, -0.2) is 21.9 Å². The minimum absolute atomic E-state index is 0.0370. The summed E-state index contributed by atoms with van der Waals surface area (Å²) in [7, 11) is 0. The summed E-state index contributed by atoms with van der Waals surface area (Å²) in [5.41, 5.74) is 2.21. The van der Waals surface area contributed by atoms with Crippen molar-refractivity contribution >= 4 is 28.3 Å². The van der Waals surface area contributed by atoms with Crippen LogP contribution in [0.25, 0.3) is 16.5 Å². The molecule has 0 spiro atoms. The summed E-state index contributed by atoms with van der Waals surface area (Å²) in [5, 5.41) is 12.6. The molecule has 2 amide bonds. The van der Waals surface area contributed by atoms with Gasteiger partial charge < -0.3 is 10.1 Å². The van der Waals surface area contributed by atoms with Crippen LogP contribution in [0.3, 0.4) is 0 Å². The summed E-state index contributed by atoms with van der Waals surface area (Å²) in [4.78, 5) is 26.1. The summed E-state index contributed by atoms with van der Waals surface area (Å²) in [5.74, 6) is -1.84. The van der Waals surface area contributed by atoms with E-state index in [4.69, 9.17) is 0 Å². The molecular formula is C13H10N2O3. The number of fused-ring (bicyclic) bond motifs is 1. The highest BCUT2D eigenvalue weighted by Gasteiger charge is 2.33. The second kappa shape index (κ2) is 3.46. The molecule has 0 atom stereocenters. The zero-order valence-corrected chi connectivity index (χ0v) is 9.57. The van der Waals surface area contributed by atoms with Crippen molar-refractivity contribution in [3.05, 3.63) is 41.3 Å². The lowest BCUT2D eigenvalue weighted by Crippen LogP contribution is -2.23. The molecule has 90 valence electrons. The Morgan fingerprint density at radius 2 is 1.83 bits per heavy atom. The van der Waals surface area contributed by atoms with E-state index in [9.17, 15) is 14.7 Å². The molecule has 2 heterocycles. The van der Waals surface area contributed by atoms with Gasteiger partial charge in [-0.05, 0) is 13.0 Å². The maximum absolute atomic E-state index is 11.7. The fraction of sp³-hybridized carbons (Fsp3) is 0.0769. The highest BCUT2D eigenvalue weighted by Crippen LogP contribution is 2.32. The lowest BCUT2D eigenvalue weighted by Gasteiger charge is -2.00. The predicted molar refractivity (Wildman–Crippen MR) is 65.7 cm³/mol. The number of imide groups is 1. The van der Waals surface area contributed by atoms with Crippen molar-refractivity contribution in [3.63, 3.8) is 0 Å². The third kappa shape index (κ3) is 1.27. The number of rotatable bonds is 1. The van der Waals surface area contributed by atoms with Gasteiger partial charge in [-0.2, -0.15) is 0 Å². The van der Waals surface area contributed by atoms with E-state index in [0.717, 1.165) is 16.6 Å². The van der Waals surface area contributed by atoms with Crippen molar-refractivity contribution in [1.29, 1.82) is 0 Å². The summed E-state index contributed by atoms with van der Waals surface area (Å²) in [6, 6.07) is 7.42. The van der Waals surface area contributed by atoms with E-state index in [2.05, 4.69) is 10.3 Å². The second-order valence-electron chi connectivity index (χ2n) is 4.18. The van der Waals surface area contributed by atoms with Gasteiger partial charge in [-0.25, -0.2) is 0 Å². The summed E-state index contributed by atoms with van der Waals surface area (Å²) in [6.45, 7) is 1.80. The van der Waals surface area contributed by atoms with Gasteiger partial charge in [-0.1, -0.05) is 18.2 Å². The van der Waals surface area contributed by atoms with E-state index >= 15 is 0 Å². The van der Waals surface area contributed by atoms with Crippen LogP contribution in [0.15, 0.2) is 30.0 Å². The largest absolute Gasteiger partial charge is 0.502 e. The number of aromatic nitrogens is 1. The Kier molecular flexibility index (Phi) is 2.04. The molecule has 0 bridgehead atoms. The number of aliphatic hydroxyl groups is 1.